The van der Waals surface area contributed by atoms with Crippen molar-refractivity contribution in [2.75, 3.05) is 13.7 Å². The Morgan fingerprint density at radius 2 is 1.87 bits per heavy atom. The SMILES string of the molecule is CCOC(=O)C1=C(C)N=c2s/c(=C/c3cc(Cl)c(OCc4cccc(C)c4)c(OC)c3)c(=O)n2[C@H]1c1ccccc1OC(C)C. The highest BCUT2D eigenvalue weighted by molar-refractivity contribution is 7.07. The van der Waals surface area contributed by atoms with Crippen LogP contribution in [0.5, 0.6) is 17.2 Å². The fourth-order valence-corrected chi connectivity index (χ4v) is 6.55. The molecule has 0 amide bonds. The number of aromatic nitrogens is 1. The summed E-state index contributed by atoms with van der Waals surface area (Å²) in [5.41, 5.74) is 3.90. The van der Waals surface area contributed by atoms with E-state index in [0.717, 1.165) is 11.1 Å². The van der Waals surface area contributed by atoms with Crippen LogP contribution in [0.15, 0.2) is 81.7 Å². The van der Waals surface area contributed by atoms with Gasteiger partial charge in [0, 0.05) is 5.56 Å². The zero-order valence-electron chi connectivity index (χ0n) is 26.0. The van der Waals surface area contributed by atoms with E-state index in [4.69, 9.17) is 30.5 Å². The first-order valence-electron chi connectivity index (χ1n) is 14.6. The quantitative estimate of drug-likeness (QED) is 0.193. The van der Waals surface area contributed by atoms with E-state index in [2.05, 4.69) is 4.99 Å². The van der Waals surface area contributed by atoms with Crippen molar-refractivity contribution in [2.24, 2.45) is 4.99 Å². The van der Waals surface area contributed by atoms with Gasteiger partial charge in [-0.15, -0.1) is 0 Å². The van der Waals surface area contributed by atoms with Crippen LogP contribution in [0.25, 0.3) is 6.08 Å². The number of hydrogen-bond donors (Lipinski definition) is 0. The lowest BCUT2D eigenvalue weighted by molar-refractivity contribution is -0.139. The first kappa shape index (κ1) is 32.1. The lowest BCUT2D eigenvalue weighted by Gasteiger charge is -2.26. The average molecular weight is 647 g/mol. The van der Waals surface area contributed by atoms with Gasteiger partial charge in [-0.2, -0.15) is 0 Å². The molecule has 1 aromatic heterocycles. The van der Waals surface area contributed by atoms with Crippen LogP contribution in [0.3, 0.4) is 0 Å². The molecule has 10 heteroatoms. The highest BCUT2D eigenvalue weighted by atomic mass is 35.5. The van der Waals surface area contributed by atoms with Crippen LogP contribution in [0, 0.1) is 6.92 Å². The Bertz CT molecular complexity index is 1960. The summed E-state index contributed by atoms with van der Waals surface area (Å²) in [6, 6.07) is 18.1. The summed E-state index contributed by atoms with van der Waals surface area (Å²) in [5, 5.41) is 0.346. The predicted molar refractivity (Wildman–Crippen MR) is 176 cm³/mol. The summed E-state index contributed by atoms with van der Waals surface area (Å²) in [6.07, 6.45) is 1.61. The monoisotopic (exact) mass is 646 g/mol. The number of rotatable bonds is 10. The minimum absolute atomic E-state index is 0.124. The van der Waals surface area contributed by atoms with Gasteiger partial charge in [0.15, 0.2) is 16.3 Å². The van der Waals surface area contributed by atoms with E-state index in [1.165, 1.54) is 15.9 Å². The number of esters is 1. The lowest BCUT2D eigenvalue weighted by atomic mass is 9.95. The molecule has 0 saturated heterocycles. The van der Waals surface area contributed by atoms with Crippen LogP contribution in [-0.4, -0.2) is 30.4 Å². The molecule has 8 nitrogen and oxygen atoms in total. The second-order valence-electron chi connectivity index (χ2n) is 10.8. The molecule has 0 fully saturated rings. The third kappa shape index (κ3) is 6.84. The Morgan fingerprint density at radius 3 is 2.58 bits per heavy atom. The second kappa shape index (κ2) is 13.7. The van der Waals surface area contributed by atoms with Gasteiger partial charge in [-0.3, -0.25) is 9.36 Å². The maximum Gasteiger partial charge on any atom is 0.338 e. The molecule has 0 N–H and O–H groups in total. The first-order chi connectivity index (χ1) is 21.6. The molecule has 0 saturated carbocycles. The highest BCUT2D eigenvalue weighted by Gasteiger charge is 2.35. The molecule has 234 valence electrons. The number of methoxy groups -OCH3 is 1. The Hall–Kier alpha value is -4.34. The van der Waals surface area contributed by atoms with Crippen molar-refractivity contribution in [1.82, 2.24) is 4.57 Å². The Morgan fingerprint density at radius 1 is 1.09 bits per heavy atom. The molecule has 0 spiro atoms. The minimum atomic E-state index is -0.798. The summed E-state index contributed by atoms with van der Waals surface area (Å²) in [7, 11) is 1.54. The summed E-state index contributed by atoms with van der Waals surface area (Å²) < 4.78 is 25.2. The third-order valence-corrected chi connectivity index (χ3v) is 8.37. The van der Waals surface area contributed by atoms with Gasteiger partial charge in [0.1, 0.15) is 18.4 Å². The number of ether oxygens (including phenoxy) is 4. The molecule has 3 aromatic carbocycles. The van der Waals surface area contributed by atoms with Crippen molar-refractivity contribution in [3.05, 3.63) is 119 Å². The molecule has 1 atom stereocenters. The van der Waals surface area contributed by atoms with Crippen LogP contribution < -0.4 is 29.1 Å². The average Bonchev–Trinajstić information content (AvgIpc) is 3.29. The van der Waals surface area contributed by atoms with Gasteiger partial charge < -0.3 is 18.9 Å². The molecule has 0 aliphatic carbocycles. The first-order valence-corrected chi connectivity index (χ1v) is 15.8. The molecule has 0 radical (unpaired) electrons. The van der Waals surface area contributed by atoms with Crippen molar-refractivity contribution >= 4 is 35.0 Å². The summed E-state index contributed by atoms with van der Waals surface area (Å²) in [6.45, 7) is 9.87. The maximum absolute atomic E-state index is 14.1. The van der Waals surface area contributed by atoms with Gasteiger partial charge in [-0.25, -0.2) is 9.79 Å². The Labute approximate surface area is 270 Å². The molecule has 4 aromatic rings. The summed E-state index contributed by atoms with van der Waals surface area (Å²) in [4.78, 5) is 32.6. The minimum Gasteiger partial charge on any atom is -0.493 e. The van der Waals surface area contributed by atoms with Crippen LogP contribution in [-0.2, 0) is 16.1 Å². The summed E-state index contributed by atoms with van der Waals surface area (Å²) in [5.74, 6) is 0.888. The van der Waals surface area contributed by atoms with Crippen molar-refractivity contribution in [2.45, 2.75) is 53.4 Å². The number of carbonyl (C=O) groups is 1. The van der Waals surface area contributed by atoms with Crippen LogP contribution in [0.2, 0.25) is 5.02 Å². The number of nitrogens with zero attached hydrogens (tertiary/aromatic N) is 2. The van der Waals surface area contributed by atoms with Crippen molar-refractivity contribution in [3.63, 3.8) is 0 Å². The van der Waals surface area contributed by atoms with Gasteiger partial charge in [-0.1, -0.05) is 71.0 Å². The number of para-hydroxylation sites is 1. The molecule has 0 bridgehead atoms. The van der Waals surface area contributed by atoms with E-state index in [-0.39, 0.29) is 23.8 Å². The largest absolute Gasteiger partial charge is 0.493 e. The molecule has 45 heavy (non-hydrogen) atoms. The fraction of sp³-hybridized carbons (Fsp3) is 0.286. The lowest BCUT2D eigenvalue weighted by Crippen LogP contribution is -2.40. The van der Waals surface area contributed by atoms with Gasteiger partial charge in [-0.05, 0) is 70.0 Å². The molecule has 1 aliphatic rings. The third-order valence-electron chi connectivity index (χ3n) is 7.11. The van der Waals surface area contributed by atoms with Crippen molar-refractivity contribution in [3.8, 4) is 17.2 Å². The smallest absolute Gasteiger partial charge is 0.338 e. The van der Waals surface area contributed by atoms with Gasteiger partial charge in [0.2, 0.25) is 0 Å². The second-order valence-corrected chi connectivity index (χ2v) is 12.2. The number of aryl methyl sites for hydroxylation is 1. The predicted octanol–water partition coefficient (Wildman–Crippen LogP) is 6.13. The molecule has 2 heterocycles. The van der Waals surface area contributed by atoms with E-state index in [1.807, 2.05) is 69.3 Å². The van der Waals surface area contributed by atoms with Crippen molar-refractivity contribution < 1.29 is 23.7 Å². The topological polar surface area (TPSA) is 88.4 Å². The van der Waals surface area contributed by atoms with E-state index >= 15 is 0 Å². The number of allylic oxidation sites excluding steroid dienone is 1. The van der Waals surface area contributed by atoms with Gasteiger partial charge >= 0.3 is 5.97 Å². The number of halogens is 1. The molecule has 1 aliphatic heterocycles. The molecular formula is C35H35ClN2O6S. The molecular weight excluding hydrogens is 612 g/mol. The molecule has 0 unspecified atom stereocenters. The van der Waals surface area contributed by atoms with Gasteiger partial charge in [0.05, 0.1) is 40.6 Å². The number of hydrogen-bond acceptors (Lipinski definition) is 8. The van der Waals surface area contributed by atoms with E-state index in [1.54, 1.807) is 39.2 Å². The normalized spacial score (nSPS) is 14.7. The van der Waals surface area contributed by atoms with Gasteiger partial charge in [0.25, 0.3) is 5.56 Å². The maximum atomic E-state index is 14.1. The van der Waals surface area contributed by atoms with E-state index in [9.17, 15) is 9.59 Å². The highest BCUT2D eigenvalue weighted by Crippen LogP contribution is 2.38. The summed E-state index contributed by atoms with van der Waals surface area (Å²) >= 11 is 7.91. The van der Waals surface area contributed by atoms with Crippen LogP contribution >= 0.6 is 22.9 Å². The number of thiazole rings is 1. The Balaban J connectivity index is 1.60. The number of carbonyl (C=O) groups excluding carboxylic acids is 1. The van der Waals surface area contributed by atoms with Crippen LogP contribution in [0.1, 0.15) is 56.0 Å². The fourth-order valence-electron chi connectivity index (χ4n) is 5.23. The zero-order valence-corrected chi connectivity index (χ0v) is 27.6. The Kier molecular flexibility index (Phi) is 9.80. The zero-order chi connectivity index (χ0) is 32.2. The van der Waals surface area contributed by atoms with E-state index in [0.29, 0.717) is 55.0 Å². The standard InChI is InChI=1S/C35H35ClN2O6S/c1-7-42-34(40)30-22(5)37-35-38(31(30)25-13-8-9-14-27(25)44-20(2)3)33(39)29(45-35)18-24-16-26(36)32(28(17-24)41-6)43-19-23-12-10-11-21(4)15-23/h8-18,20,31H,7,19H2,1-6H3/b29-18+/t31-/m0/s1. The van der Waals surface area contributed by atoms with Crippen molar-refractivity contribution in [1.29, 1.82) is 0 Å². The number of fused-ring (bicyclic) bond motifs is 1. The van der Waals surface area contributed by atoms with Crippen LogP contribution in [0.4, 0.5) is 0 Å². The molecule has 5 rings (SSSR count). The number of benzene rings is 3. The van der Waals surface area contributed by atoms with E-state index < -0.39 is 12.0 Å².